The van der Waals surface area contributed by atoms with Crippen molar-refractivity contribution in [2.75, 3.05) is 0 Å². The van der Waals surface area contributed by atoms with Gasteiger partial charge in [-0.15, -0.1) is 0 Å². The highest BCUT2D eigenvalue weighted by Gasteiger charge is 2.16. The molecule has 1 aromatic carbocycles. The van der Waals surface area contributed by atoms with Crippen LogP contribution < -0.4 is 5.73 Å². The van der Waals surface area contributed by atoms with Crippen LogP contribution in [0.4, 0.5) is 0 Å². The molecule has 1 aromatic rings. The molecule has 0 bridgehead atoms. The quantitative estimate of drug-likeness (QED) is 0.861. The van der Waals surface area contributed by atoms with E-state index < -0.39 is 0 Å². The molecule has 1 atom stereocenters. The third kappa shape index (κ3) is 4.73. The van der Waals surface area contributed by atoms with Crippen LogP contribution >= 0.6 is 23.2 Å². The highest BCUT2D eigenvalue weighted by molar-refractivity contribution is 6.33. The molecule has 0 fully saturated rings. The second-order valence-electron chi connectivity index (χ2n) is 5.46. The molecule has 1 rings (SSSR count). The maximum atomic E-state index is 6.11. The lowest BCUT2D eigenvalue weighted by Crippen LogP contribution is -2.28. The van der Waals surface area contributed by atoms with Crippen molar-refractivity contribution in [3.8, 4) is 0 Å². The molecule has 0 saturated heterocycles. The first-order chi connectivity index (χ1) is 7.28. The van der Waals surface area contributed by atoms with E-state index in [9.17, 15) is 0 Å². The maximum Gasteiger partial charge on any atom is 0.0439 e. The zero-order chi connectivity index (χ0) is 12.3. The SMILES string of the molecule is CC(C)(C)CC(N)Cc1cc(Cl)ccc1Cl. The molecule has 3 heteroatoms. The van der Waals surface area contributed by atoms with Gasteiger partial charge in [-0.2, -0.15) is 0 Å². The van der Waals surface area contributed by atoms with E-state index in [0.29, 0.717) is 5.02 Å². The molecule has 90 valence electrons. The molecule has 0 aliphatic heterocycles. The Kier molecular flexibility index (Phi) is 4.66. The summed E-state index contributed by atoms with van der Waals surface area (Å²) in [5.41, 5.74) is 7.38. The Labute approximate surface area is 108 Å². The van der Waals surface area contributed by atoms with Crippen molar-refractivity contribution in [2.24, 2.45) is 11.1 Å². The van der Waals surface area contributed by atoms with Crippen LogP contribution in [0.15, 0.2) is 18.2 Å². The molecule has 0 spiro atoms. The summed E-state index contributed by atoms with van der Waals surface area (Å²) in [4.78, 5) is 0. The highest BCUT2D eigenvalue weighted by Crippen LogP contribution is 2.25. The van der Waals surface area contributed by atoms with Crippen molar-refractivity contribution in [1.82, 2.24) is 0 Å². The van der Waals surface area contributed by atoms with Gasteiger partial charge in [-0.25, -0.2) is 0 Å². The van der Waals surface area contributed by atoms with Gasteiger partial charge in [-0.05, 0) is 42.0 Å². The van der Waals surface area contributed by atoms with Gasteiger partial charge in [0.05, 0.1) is 0 Å². The van der Waals surface area contributed by atoms with Gasteiger partial charge in [-0.3, -0.25) is 0 Å². The van der Waals surface area contributed by atoms with Gasteiger partial charge in [0.15, 0.2) is 0 Å². The summed E-state index contributed by atoms with van der Waals surface area (Å²) < 4.78 is 0. The molecular formula is C13H19Cl2N. The second-order valence-corrected chi connectivity index (χ2v) is 6.31. The third-order valence-corrected chi connectivity index (χ3v) is 2.97. The van der Waals surface area contributed by atoms with Crippen LogP contribution in [0.25, 0.3) is 0 Å². The van der Waals surface area contributed by atoms with E-state index in [1.807, 2.05) is 12.1 Å². The van der Waals surface area contributed by atoms with Gasteiger partial charge in [0.2, 0.25) is 0 Å². The first-order valence-electron chi connectivity index (χ1n) is 5.47. The average molecular weight is 260 g/mol. The van der Waals surface area contributed by atoms with E-state index in [1.54, 1.807) is 6.07 Å². The second kappa shape index (κ2) is 5.39. The van der Waals surface area contributed by atoms with Crippen molar-refractivity contribution < 1.29 is 0 Å². The molecule has 0 saturated carbocycles. The van der Waals surface area contributed by atoms with E-state index in [0.717, 1.165) is 23.4 Å². The van der Waals surface area contributed by atoms with Crippen molar-refractivity contribution in [3.05, 3.63) is 33.8 Å². The predicted octanol–water partition coefficient (Wildman–Crippen LogP) is 4.30. The number of halogens is 2. The van der Waals surface area contributed by atoms with Crippen LogP contribution in [0.3, 0.4) is 0 Å². The molecule has 0 aliphatic carbocycles. The van der Waals surface area contributed by atoms with Gasteiger partial charge >= 0.3 is 0 Å². The normalized spacial score (nSPS) is 13.9. The smallest absolute Gasteiger partial charge is 0.0439 e. The number of nitrogens with two attached hydrogens (primary N) is 1. The minimum absolute atomic E-state index is 0.121. The lowest BCUT2D eigenvalue weighted by Gasteiger charge is -2.23. The van der Waals surface area contributed by atoms with Crippen molar-refractivity contribution in [2.45, 2.75) is 39.7 Å². The minimum atomic E-state index is 0.121. The molecule has 0 amide bonds. The summed E-state index contributed by atoms with van der Waals surface area (Å²) in [6, 6.07) is 5.63. The largest absolute Gasteiger partial charge is 0.327 e. The molecule has 0 heterocycles. The number of hydrogen-bond donors (Lipinski definition) is 1. The first-order valence-corrected chi connectivity index (χ1v) is 6.23. The minimum Gasteiger partial charge on any atom is -0.327 e. The summed E-state index contributed by atoms with van der Waals surface area (Å²) in [5.74, 6) is 0. The predicted molar refractivity (Wildman–Crippen MR) is 72.2 cm³/mol. The van der Waals surface area contributed by atoms with E-state index in [2.05, 4.69) is 20.8 Å². The molecule has 1 unspecified atom stereocenters. The lowest BCUT2D eigenvalue weighted by atomic mass is 9.86. The Balaban J connectivity index is 2.69. The van der Waals surface area contributed by atoms with Gasteiger partial charge in [-0.1, -0.05) is 44.0 Å². The monoisotopic (exact) mass is 259 g/mol. The Morgan fingerprint density at radius 2 is 1.88 bits per heavy atom. The summed E-state index contributed by atoms with van der Waals surface area (Å²) in [5, 5.41) is 1.45. The van der Waals surface area contributed by atoms with Crippen LogP contribution in [-0.2, 0) is 6.42 Å². The summed E-state index contributed by atoms with van der Waals surface area (Å²) in [7, 11) is 0. The van der Waals surface area contributed by atoms with Crippen LogP contribution in [-0.4, -0.2) is 6.04 Å². The fourth-order valence-corrected chi connectivity index (χ4v) is 2.23. The number of benzene rings is 1. The molecular weight excluding hydrogens is 241 g/mol. The summed E-state index contributed by atoms with van der Waals surface area (Å²) in [6.07, 6.45) is 1.74. The van der Waals surface area contributed by atoms with Crippen molar-refractivity contribution >= 4 is 23.2 Å². The van der Waals surface area contributed by atoms with Gasteiger partial charge in [0, 0.05) is 16.1 Å². The van der Waals surface area contributed by atoms with Crippen LogP contribution in [0.2, 0.25) is 10.0 Å². The molecule has 1 nitrogen and oxygen atoms in total. The summed E-state index contributed by atoms with van der Waals surface area (Å²) in [6.45, 7) is 6.56. The van der Waals surface area contributed by atoms with Crippen molar-refractivity contribution in [3.63, 3.8) is 0 Å². The number of hydrogen-bond acceptors (Lipinski definition) is 1. The first kappa shape index (κ1) is 13.8. The zero-order valence-electron chi connectivity index (χ0n) is 10.1. The standard InChI is InChI=1S/C13H19Cl2N/c1-13(2,3)8-11(16)7-9-6-10(14)4-5-12(9)15/h4-6,11H,7-8,16H2,1-3H3. The van der Waals surface area contributed by atoms with Crippen LogP contribution in [0, 0.1) is 5.41 Å². The van der Waals surface area contributed by atoms with E-state index in [-0.39, 0.29) is 11.5 Å². The van der Waals surface area contributed by atoms with Gasteiger partial charge < -0.3 is 5.73 Å². The summed E-state index contributed by atoms with van der Waals surface area (Å²) >= 11 is 12.0. The fourth-order valence-electron chi connectivity index (χ4n) is 1.84. The van der Waals surface area contributed by atoms with E-state index in [1.165, 1.54) is 0 Å². The molecule has 0 aromatic heterocycles. The average Bonchev–Trinajstić information content (AvgIpc) is 2.08. The van der Waals surface area contributed by atoms with Crippen molar-refractivity contribution in [1.29, 1.82) is 0 Å². The topological polar surface area (TPSA) is 26.0 Å². The third-order valence-electron chi connectivity index (χ3n) is 2.36. The Morgan fingerprint density at radius 3 is 2.44 bits per heavy atom. The Morgan fingerprint density at radius 1 is 1.25 bits per heavy atom. The van der Waals surface area contributed by atoms with Gasteiger partial charge in [0.25, 0.3) is 0 Å². The van der Waals surface area contributed by atoms with Crippen LogP contribution in [0.1, 0.15) is 32.8 Å². The Hall–Kier alpha value is -0.240. The highest BCUT2D eigenvalue weighted by atomic mass is 35.5. The van der Waals surface area contributed by atoms with E-state index in [4.69, 9.17) is 28.9 Å². The molecule has 0 radical (unpaired) electrons. The van der Waals surface area contributed by atoms with Crippen LogP contribution in [0.5, 0.6) is 0 Å². The zero-order valence-corrected chi connectivity index (χ0v) is 11.6. The van der Waals surface area contributed by atoms with Gasteiger partial charge in [0.1, 0.15) is 0 Å². The number of rotatable bonds is 3. The lowest BCUT2D eigenvalue weighted by molar-refractivity contribution is 0.338. The molecule has 2 N–H and O–H groups in total. The maximum absolute atomic E-state index is 6.11. The molecule has 0 aliphatic rings. The molecule has 16 heavy (non-hydrogen) atoms. The van der Waals surface area contributed by atoms with E-state index >= 15 is 0 Å². The Bertz CT molecular complexity index is 355. The fraction of sp³-hybridized carbons (Fsp3) is 0.538.